The number of fused-ring (bicyclic) bond motifs is 1. The van der Waals surface area contributed by atoms with Crippen LogP contribution in [0.1, 0.15) is 55.4 Å². The second kappa shape index (κ2) is 6.51. The highest BCUT2D eigenvalue weighted by atomic mass is 16.1. The summed E-state index contributed by atoms with van der Waals surface area (Å²) < 4.78 is 1.77. The van der Waals surface area contributed by atoms with Gasteiger partial charge < -0.3 is 10.2 Å². The highest BCUT2D eigenvalue weighted by molar-refractivity contribution is 5.95. The molecule has 2 aromatic rings. The number of carbonyl (C=O) groups excluding carboxylic acids is 1. The summed E-state index contributed by atoms with van der Waals surface area (Å²) in [4.78, 5) is 19.3. The van der Waals surface area contributed by atoms with Crippen molar-refractivity contribution in [1.82, 2.24) is 24.8 Å². The highest BCUT2D eigenvalue weighted by Gasteiger charge is 2.20. The molecule has 130 valence electrons. The van der Waals surface area contributed by atoms with Crippen molar-refractivity contribution in [2.75, 3.05) is 26.2 Å². The van der Waals surface area contributed by atoms with E-state index in [-0.39, 0.29) is 11.3 Å². The third-order valence-electron chi connectivity index (χ3n) is 4.65. The Morgan fingerprint density at radius 1 is 1.29 bits per heavy atom. The van der Waals surface area contributed by atoms with E-state index >= 15 is 0 Å². The molecule has 3 heterocycles. The molecule has 0 bridgehead atoms. The van der Waals surface area contributed by atoms with Gasteiger partial charge in [0.1, 0.15) is 0 Å². The van der Waals surface area contributed by atoms with Crippen molar-refractivity contribution in [1.29, 1.82) is 0 Å². The van der Waals surface area contributed by atoms with Crippen LogP contribution in [0.4, 0.5) is 0 Å². The quantitative estimate of drug-likeness (QED) is 0.934. The molecule has 0 aliphatic carbocycles. The zero-order valence-electron chi connectivity index (χ0n) is 15.1. The molecule has 0 atom stereocenters. The van der Waals surface area contributed by atoms with Crippen molar-refractivity contribution < 1.29 is 4.79 Å². The number of aromatic nitrogens is 3. The first-order valence-corrected chi connectivity index (χ1v) is 8.73. The maximum atomic E-state index is 12.5. The van der Waals surface area contributed by atoms with E-state index in [0.717, 1.165) is 36.7 Å². The second-order valence-corrected chi connectivity index (χ2v) is 7.61. The topological polar surface area (TPSA) is 62.5 Å². The predicted molar refractivity (Wildman–Crippen MR) is 94.4 cm³/mol. The molecule has 2 aromatic heterocycles. The minimum Gasteiger partial charge on any atom is -0.351 e. The van der Waals surface area contributed by atoms with Gasteiger partial charge in [0, 0.05) is 30.8 Å². The summed E-state index contributed by atoms with van der Waals surface area (Å²) in [5.41, 5.74) is 3.13. The molecule has 1 fully saturated rings. The first kappa shape index (κ1) is 16.9. The number of nitrogens with zero attached hydrogens (tertiary/aromatic N) is 4. The Labute approximate surface area is 143 Å². The van der Waals surface area contributed by atoms with Crippen LogP contribution in [-0.4, -0.2) is 51.6 Å². The molecule has 0 unspecified atom stereocenters. The molecule has 1 N–H and O–H groups in total. The third kappa shape index (κ3) is 3.43. The fraction of sp³-hybridized carbons (Fsp3) is 0.611. The van der Waals surface area contributed by atoms with E-state index in [1.165, 1.54) is 12.8 Å². The molecule has 0 aromatic carbocycles. The summed E-state index contributed by atoms with van der Waals surface area (Å²) in [6.45, 7) is 12.2. The number of amides is 1. The fourth-order valence-electron chi connectivity index (χ4n) is 3.07. The number of likely N-dealkylation sites (tertiary alicyclic amines) is 1. The van der Waals surface area contributed by atoms with Gasteiger partial charge in [0.15, 0.2) is 5.65 Å². The van der Waals surface area contributed by atoms with Crippen LogP contribution in [0.5, 0.6) is 0 Å². The summed E-state index contributed by atoms with van der Waals surface area (Å²) in [6, 6.07) is 1.99. The van der Waals surface area contributed by atoms with Crippen molar-refractivity contribution in [3.8, 4) is 0 Å². The molecule has 24 heavy (non-hydrogen) atoms. The molecular formula is C18H27N5O. The predicted octanol–water partition coefficient (Wildman–Crippen LogP) is 2.16. The Balaban J connectivity index is 1.73. The average Bonchev–Trinajstić information content (AvgIpc) is 3.15. The van der Waals surface area contributed by atoms with Gasteiger partial charge in [-0.1, -0.05) is 20.8 Å². The van der Waals surface area contributed by atoms with Crippen molar-refractivity contribution in [2.24, 2.45) is 0 Å². The zero-order valence-corrected chi connectivity index (χ0v) is 15.1. The molecular weight excluding hydrogens is 302 g/mol. The molecule has 1 saturated heterocycles. The largest absolute Gasteiger partial charge is 0.351 e. The lowest BCUT2D eigenvalue weighted by Gasteiger charge is -2.15. The molecule has 1 amide bonds. The van der Waals surface area contributed by atoms with E-state index in [9.17, 15) is 4.79 Å². The van der Waals surface area contributed by atoms with E-state index in [0.29, 0.717) is 12.1 Å². The van der Waals surface area contributed by atoms with Gasteiger partial charge >= 0.3 is 0 Å². The zero-order chi connectivity index (χ0) is 17.3. The van der Waals surface area contributed by atoms with Gasteiger partial charge in [-0.3, -0.25) is 4.79 Å². The molecule has 6 nitrogen and oxygen atoms in total. The standard InChI is InChI=1S/C18H27N5O/c1-13-14(17(24)19-7-10-22-8-5-6-9-22)12-20-16-11-15(18(2,3)4)21-23(13)16/h11-12H,5-10H2,1-4H3,(H,19,24). The highest BCUT2D eigenvalue weighted by Crippen LogP contribution is 2.22. The minimum absolute atomic E-state index is 0.0434. The lowest BCUT2D eigenvalue weighted by atomic mass is 9.93. The van der Waals surface area contributed by atoms with Crippen LogP contribution in [0.3, 0.4) is 0 Å². The van der Waals surface area contributed by atoms with Crippen LogP contribution in [-0.2, 0) is 5.41 Å². The summed E-state index contributed by atoms with van der Waals surface area (Å²) >= 11 is 0. The summed E-state index contributed by atoms with van der Waals surface area (Å²) in [7, 11) is 0. The summed E-state index contributed by atoms with van der Waals surface area (Å²) in [6.07, 6.45) is 4.19. The number of nitrogens with one attached hydrogen (secondary N) is 1. The number of rotatable bonds is 4. The first-order chi connectivity index (χ1) is 11.4. The van der Waals surface area contributed by atoms with Gasteiger partial charge in [0.25, 0.3) is 5.91 Å². The van der Waals surface area contributed by atoms with E-state index < -0.39 is 0 Å². The van der Waals surface area contributed by atoms with Gasteiger partial charge in [-0.15, -0.1) is 0 Å². The maximum Gasteiger partial charge on any atom is 0.254 e. The van der Waals surface area contributed by atoms with E-state index in [4.69, 9.17) is 0 Å². The Bertz CT molecular complexity index is 738. The monoisotopic (exact) mass is 329 g/mol. The average molecular weight is 329 g/mol. The molecule has 3 rings (SSSR count). The normalized spacial score (nSPS) is 16.0. The Morgan fingerprint density at radius 2 is 2.00 bits per heavy atom. The number of hydrogen-bond donors (Lipinski definition) is 1. The smallest absolute Gasteiger partial charge is 0.254 e. The number of aryl methyl sites for hydroxylation is 1. The van der Waals surface area contributed by atoms with Crippen LogP contribution in [0.15, 0.2) is 12.3 Å². The van der Waals surface area contributed by atoms with Crippen molar-refractivity contribution in [2.45, 2.75) is 46.0 Å². The lowest BCUT2D eigenvalue weighted by Crippen LogP contribution is -2.34. The number of hydrogen-bond acceptors (Lipinski definition) is 4. The van der Waals surface area contributed by atoms with Gasteiger partial charge in [-0.05, 0) is 32.9 Å². The maximum absolute atomic E-state index is 12.5. The van der Waals surface area contributed by atoms with Crippen LogP contribution < -0.4 is 5.32 Å². The van der Waals surface area contributed by atoms with Gasteiger partial charge in [0.05, 0.1) is 17.0 Å². The molecule has 6 heteroatoms. The summed E-state index contributed by atoms with van der Waals surface area (Å²) in [5, 5.41) is 7.64. The Kier molecular flexibility index (Phi) is 4.58. The summed E-state index contributed by atoms with van der Waals surface area (Å²) in [5.74, 6) is -0.0751. The first-order valence-electron chi connectivity index (χ1n) is 8.73. The van der Waals surface area contributed by atoms with Crippen molar-refractivity contribution in [3.63, 3.8) is 0 Å². The van der Waals surface area contributed by atoms with Gasteiger partial charge in [-0.2, -0.15) is 5.10 Å². The number of carbonyl (C=O) groups is 1. The molecule has 1 aliphatic heterocycles. The van der Waals surface area contributed by atoms with Gasteiger partial charge in [-0.25, -0.2) is 9.50 Å². The van der Waals surface area contributed by atoms with Crippen LogP contribution in [0.25, 0.3) is 5.65 Å². The van der Waals surface area contributed by atoms with E-state index in [1.807, 2.05) is 13.0 Å². The fourth-order valence-corrected chi connectivity index (χ4v) is 3.07. The Morgan fingerprint density at radius 3 is 2.67 bits per heavy atom. The minimum atomic E-state index is -0.0751. The molecule has 1 aliphatic rings. The van der Waals surface area contributed by atoms with E-state index in [2.05, 4.69) is 41.1 Å². The van der Waals surface area contributed by atoms with Crippen LogP contribution >= 0.6 is 0 Å². The van der Waals surface area contributed by atoms with Crippen molar-refractivity contribution in [3.05, 3.63) is 29.2 Å². The van der Waals surface area contributed by atoms with E-state index in [1.54, 1.807) is 10.7 Å². The van der Waals surface area contributed by atoms with Crippen LogP contribution in [0.2, 0.25) is 0 Å². The lowest BCUT2D eigenvalue weighted by molar-refractivity contribution is 0.0948. The molecule has 0 saturated carbocycles. The van der Waals surface area contributed by atoms with Crippen molar-refractivity contribution >= 4 is 11.6 Å². The second-order valence-electron chi connectivity index (χ2n) is 7.61. The SMILES string of the molecule is Cc1c(C(=O)NCCN2CCCC2)cnc2cc(C(C)(C)C)nn12. The molecule has 0 radical (unpaired) electrons. The van der Waals surface area contributed by atoms with Crippen LogP contribution in [0, 0.1) is 6.92 Å². The molecule has 0 spiro atoms. The Hall–Kier alpha value is -1.95. The third-order valence-corrected chi connectivity index (χ3v) is 4.65. The van der Waals surface area contributed by atoms with Gasteiger partial charge in [0.2, 0.25) is 0 Å².